The molecule has 0 aliphatic carbocycles. The maximum Gasteiger partial charge on any atom is 0.309 e. The predicted molar refractivity (Wildman–Crippen MR) is 120 cm³/mol. The summed E-state index contributed by atoms with van der Waals surface area (Å²) >= 11 is 7.45. The van der Waals surface area contributed by atoms with E-state index >= 15 is 0 Å². The van der Waals surface area contributed by atoms with Crippen LogP contribution >= 0.6 is 22.9 Å². The molecule has 0 amide bonds. The summed E-state index contributed by atoms with van der Waals surface area (Å²) in [5.41, 5.74) is 4.17. The number of sulfone groups is 1. The monoisotopic (exact) mass is 475 g/mol. The molecule has 3 aromatic rings. The minimum Gasteiger partial charge on any atom is -0.469 e. The van der Waals surface area contributed by atoms with Crippen LogP contribution in [-0.4, -0.2) is 38.0 Å². The van der Waals surface area contributed by atoms with Crippen molar-refractivity contribution in [3.63, 3.8) is 0 Å². The van der Waals surface area contributed by atoms with E-state index in [1.807, 2.05) is 24.3 Å². The van der Waals surface area contributed by atoms with Gasteiger partial charge in [-0.3, -0.25) is 4.79 Å². The highest BCUT2D eigenvalue weighted by molar-refractivity contribution is 7.90. The number of ether oxygens (including phenoxy) is 1. The third kappa shape index (κ3) is 3.81. The van der Waals surface area contributed by atoms with E-state index in [2.05, 4.69) is 9.88 Å². The lowest BCUT2D eigenvalue weighted by molar-refractivity contribution is -0.139. The van der Waals surface area contributed by atoms with Gasteiger partial charge in [-0.2, -0.15) is 0 Å². The first-order chi connectivity index (χ1) is 14.8. The molecule has 10 heteroatoms. The first-order valence-electron chi connectivity index (χ1n) is 9.65. The van der Waals surface area contributed by atoms with Crippen LogP contribution in [0.15, 0.2) is 30.3 Å². The average molecular weight is 476 g/mol. The predicted octanol–water partition coefficient (Wildman–Crippen LogP) is 3.70. The summed E-state index contributed by atoms with van der Waals surface area (Å²) in [6.07, 6.45) is 0.990. The first kappa shape index (κ1) is 20.4. The second kappa shape index (κ2) is 7.58. The Kier molecular flexibility index (Phi) is 4.99. The van der Waals surface area contributed by atoms with E-state index in [0.717, 1.165) is 28.1 Å². The van der Waals surface area contributed by atoms with Crippen molar-refractivity contribution >= 4 is 50.2 Å². The van der Waals surface area contributed by atoms with Gasteiger partial charge in [-0.1, -0.05) is 23.7 Å². The molecule has 31 heavy (non-hydrogen) atoms. The number of anilines is 2. The average Bonchev–Trinajstić information content (AvgIpc) is 3.42. The largest absolute Gasteiger partial charge is 0.469 e. The molecule has 0 bridgehead atoms. The minimum absolute atomic E-state index is 0.0601. The molecular formula is C21H18ClN3O4S2. The fourth-order valence-corrected chi connectivity index (χ4v) is 6.53. The van der Waals surface area contributed by atoms with Gasteiger partial charge in [-0.05, 0) is 35.7 Å². The van der Waals surface area contributed by atoms with Crippen LogP contribution < -0.4 is 4.90 Å². The summed E-state index contributed by atoms with van der Waals surface area (Å²) in [5.74, 6) is 0.689. The van der Waals surface area contributed by atoms with Crippen LogP contribution in [0.3, 0.4) is 0 Å². The number of aromatic nitrogens is 2. The Labute approximate surface area is 188 Å². The lowest BCUT2D eigenvalue weighted by atomic mass is 10.1. The highest BCUT2D eigenvalue weighted by Crippen LogP contribution is 2.41. The zero-order chi connectivity index (χ0) is 21.8. The van der Waals surface area contributed by atoms with Crippen LogP contribution in [0.1, 0.15) is 22.4 Å². The number of rotatable bonds is 4. The van der Waals surface area contributed by atoms with Gasteiger partial charge < -0.3 is 9.64 Å². The van der Waals surface area contributed by atoms with Crippen LogP contribution in [0.25, 0.3) is 10.7 Å². The Morgan fingerprint density at radius 3 is 2.81 bits per heavy atom. The number of nitrogens with zero attached hydrogens (tertiary/aromatic N) is 3. The molecule has 2 aliphatic heterocycles. The number of carbonyl (C=O) groups is 1. The number of hydrogen-bond donors (Lipinski definition) is 0. The molecule has 0 spiro atoms. The smallest absolute Gasteiger partial charge is 0.309 e. The van der Waals surface area contributed by atoms with Crippen LogP contribution in [-0.2, 0) is 43.7 Å². The van der Waals surface area contributed by atoms with Crippen LogP contribution in [0.2, 0.25) is 4.34 Å². The second-order valence-electron chi connectivity index (χ2n) is 7.55. The number of halogens is 1. The van der Waals surface area contributed by atoms with Gasteiger partial charge in [-0.15, -0.1) is 11.3 Å². The third-order valence-electron chi connectivity index (χ3n) is 5.46. The molecule has 0 radical (unpaired) electrons. The Morgan fingerprint density at radius 1 is 1.23 bits per heavy atom. The summed E-state index contributed by atoms with van der Waals surface area (Å²) in [6, 6.07) is 9.48. The topological polar surface area (TPSA) is 89.5 Å². The van der Waals surface area contributed by atoms with Crippen molar-refractivity contribution in [3.05, 3.63) is 57.1 Å². The summed E-state index contributed by atoms with van der Waals surface area (Å²) in [7, 11) is -1.88. The standard InChI is InChI=1S/C21H18ClN3O4S2/c1-29-19(26)9-12-2-3-16-13(8-12)6-7-25(16)21-14-10-31(27,28)11-15(14)23-20(24-21)17-4-5-18(22)30-17/h2-5,8H,6-7,9-11H2,1H3. The quantitative estimate of drug-likeness (QED) is 0.531. The molecule has 0 saturated heterocycles. The third-order valence-corrected chi connectivity index (χ3v) is 8.13. The van der Waals surface area contributed by atoms with Crippen molar-refractivity contribution in [3.8, 4) is 10.7 Å². The number of fused-ring (bicyclic) bond motifs is 2. The van der Waals surface area contributed by atoms with E-state index in [1.54, 1.807) is 6.07 Å². The second-order valence-corrected chi connectivity index (χ2v) is 11.3. The minimum atomic E-state index is -3.25. The molecule has 1 aromatic carbocycles. The maximum atomic E-state index is 12.4. The van der Waals surface area contributed by atoms with Crippen molar-refractivity contribution in [1.82, 2.24) is 9.97 Å². The molecule has 0 N–H and O–H groups in total. The fraction of sp³-hybridized carbons (Fsp3) is 0.286. The highest BCUT2D eigenvalue weighted by atomic mass is 35.5. The molecule has 4 heterocycles. The molecular weight excluding hydrogens is 458 g/mol. The molecule has 0 saturated carbocycles. The summed E-state index contributed by atoms with van der Waals surface area (Å²) in [4.78, 5) is 23.8. The van der Waals surface area contributed by atoms with Crippen LogP contribution in [0.5, 0.6) is 0 Å². The maximum absolute atomic E-state index is 12.4. The lowest BCUT2D eigenvalue weighted by Crippen LogP contribution is -2.18. The number of methoxy groups -OCH3 is 1. The molecule has 0 unspecified atom stereocenters. The zero-order valence-corrected chi connectivity index (χ0v) is 19.0. The molecule has 2 aliphatic rings. The van der Waals surface area contributed by atoms with Gasteiger partial charge in [0.2, 0.25) is 0 Å². The number of carbonyl (C=O) groups excluding carboxylic acids is 1. The van der Waals surface area contributed by atoms with E-state index in [4.69, 9.17) is 21.3 Å². The zero-order valence-electron chi connectivity index (χ0n) is 16.6. The van der Waals surface area contributed by atoms with E-state index in [9.17, 15) is 13.2 Å². The highest BCUT2D eigenvalue weighted by Gasteiger charge is 2.34. The van der Waals surface area contributed by atoms with Crippen molar-refractivity contribution in [2.45, 2.75) is 24.3 Å². The molecule has 7 nitrogen and oxygen atoms in total. The number of hydrogen-bond acceptors (Lipinski definition) is 8. The summed E-state index contributed by atoms with van der Waals surface area (Å²) in [6.45, 7) is 0.672. The first-order valence-corrected chi connectivity index (χ1v) is 12.7. The van der Waals surface area contributed by atoms with Crippen molar-refractivity contribution < 1.29 is 17.9 Å². The molecule has 0 atom stereocenters. The van der Waals surface area contributed by atoms with Gasteiger partial charge in [0.25, 0.3) is 0 Å². The van der Waals surface area contributed by atoms with Crippen molar-refractivity contribution in [2.24, 2.45) is 0 Å². The van der Waals surface area contributed by atoms with Gasteiger partial charge in [0.15, 0.2) is 15.7 Å². The van der Waals surface area contributed by atoms with Crippen molar-refractivity contribution in [1.29, 1.82) is 0 Å². The van der Waals surface area contributed by atoms with Crippen molar-refractivity contribution in [2.75, 3.05) is 18.6 Å². The number of benzene rings is 1. The van der Waals surface area contributed by atoms with Crippen LogP contribution in [0.4, 0.5) is 11.5 Å². The Morgan fingerprint density at radius 2 is 2.06 bits per heavy atom. The Bertz CT molecular complexity index is 1320. The molecule has 0 fully saturated rings. The Balaban J connectivity index is 1.59. The number of thiophene rings is 1. The van der Waals surface area contributed by atoms with E-state index in [-0.39, 0.29) is 23.9 Å². The van der Waals surface area contributed by atoms with Crippen LogP contribution in [0, 0.1) is 0 Å². The van der Waals surface area contributed by atoms with Gasteiger partial charge in [-0.25, -0.2) is 18.4 Å². The Hall–Kier alpha value is -2.49. The van der Waals surface area contributed by atoms with E-state index in [1.165, 1.54) is 18.4 Å². The van der Waals surface area contributed by atoms with Gasteiger partial charge in [0.1, 0.15) is 5.82 Å². The molecule has 5 rings (SSSR count). The molecule has 160 valence electrons. The fourth-order valence-electron chi connectivity index (χ4n) is 4.06. The van der Waals surface area contributed by atoms with Gasteiger partial charge in [0, 0.05) is 17.8 Å². The summed E-state index contributed by atoms with van der Waals surface area (Å²) in [5, 5.41) is 0. The van der Waals surface area contributed by atoms with Gasteiger partial charge in [0.05, 0.1) is 39.9 Å². The van der Waals surface area contributed by atoms with Gasteiger partial charge >= 0.3 is 5.97 Å². The van der Waals surface area contributed by atoms with E-state index < -0.39 is 9.84 Å². The number of esters is 1. The normalized spacial score (nSPS) is 16.3. The SMILES string of the molecule is COC(=O)Cc1ccc2c(c1)CCN2c1nc(-c2ccc(Cl)s2)nc2c1CS(=O)(=O)C2. The molecule has 2 aromatic heterocycles. The van der Waals surface area contributed by atoms with E-state index in [0.29, 0.717) is 33.8 Å². The summed E-state index contributed by atoms with van der Waals surface area (Å²) < 4.78 is 30.1. The lowest BCUT2D eigenvalue weighted by Gasteiger charge is -2.21.